The molecular weight excluding hydrogens is 1820 g/mol. The molecule has 12 aliphatic rings. The third-order valence-electron chi connectivity index (χ3n) is 27.6. The SMILES string of the molecule is C=C1Nc2ncnc(N3C4CCC3CN(C(=O)[C@H](CNC(C)C)c3ccc(Cl)cc3)C4)c2[C@@H](C)O1.C=C1Nc2ncnc(N3CCN(C(=O)[C@H](CNC(C)C)c4ccc(Cl)cc4)[C@@H]4C[C@@H]43)c2[C@@H](C)O1.C=C1Nc2ncnc(N3CCN(C(=O)[C@H](CNC(C)C)c4ccc(Cl)cc4)[C@H]4C[C@H]43)c2[C@@H](C)O1.C=C1Nc2ncnc(N3CCN(C(=O)[C@H](CNC(C)C)c4ccc(Cl)cc4)[C@H]4C[C@H]43)c2[C@H](C)O1. The minimum Gasteiger partial charge on any atom is -0.471 e. The molecule has 9 aliphatic heterocycles. The molecule has 726 valence electrons. The zero-order chi connectivity index (χ0) is 96.6. The number of rotatable bonds is 24. The summed E-state index contributed by atoms with van der Waals surface area (Å²) in [4.78, 5) is 109. The van der Waals surface area contributed by atoms with Crippen LogP contribution in [0.4, 0.5) is 46.5 Å². The van der Waals surface area contributed by atoms with Crippen LogP contribution in [0.1, 0.15) is 208 Å². The molecule has 5 saturated heterocycles. The van der Waals surface area contributed by atoms with Gasteiger partial charge >= 0.3 is 0 Å². The van der Waals surface area contributed by atoms with Gasteiger partial charge in [0.2, 0.25) is 23.6 Å². The van der Waals surface area contributed by atoms with Gasteiger partial charge < -0.3 is 101 Å². The van der Waals surface area contributed by atoms with E-state index < -0.39 is 0 Å². The zero-order valence-corrected chi connectivity index (χ0v) is 82.9. The van der Waals surface area contributed by atoms with E-state index in [-0.39, 0.29) is 120 Å². The van der Waals surface area contributed by atoms with Gasteiger partial charge in [0.1, 0.15) is 96.3 Å². The Hall–Kier alpha value is -11.4. The number of anilines is 8. The van der Waals surface area contributed by atoms with Crippen LogP contribution in [0.25, 0.3) is 0 Å². The van der Waals surface area contributed by atoms with E-state index in [4.69, 9.17) is 65.4 Å². The van der Waals surface area contributed by atoms with E-state index in [1.54, 1.807) is 25.3 Å². The molecule has 137 heavy (non-hydrogen) atoms. The number of carbonyl (C=O) groups excluding carboxylic acids is 4. The molecule has 3 saturated carbocycles. The molecule has 8 N–H and O–H groups in total. The number of hydrogen-bond acceptors (Lipinski definition) is 28. The summed E-state index contributed by atoms with van der Waals surface area (Å²) in [5, 5.41) is 29.0. The average Bonchev–Trinajstić information content (AvgIpc) is 1.54. The number of likely N-dealkylation sites (tertiary alicyclic amines) is 1. The zero-order valence-electron chi connectivity index (χ0n) is 79.9. The molecule has 16 atom stereocenters. The van der Waals surface area contributed by atoms with Gasteiger partial charge in [-0.25, -0.2) is 39.9 Å². The van der Waals surface area contributed by atoms with E-state index >= 15 is 0 Å². The van der Waals surface area contributed by atoms with Gasteiger partial charge in [-0.1, -0.05) is 150 Å². The molecule has 0 spiro atoms. The maximum absolute atomic E-state index is 13.8. The topological polar surface area (TPSA) is 330 Å². The van der Waals surface area contributed by atoms with Crippen molar-refractivity contribution in [1.29, 1.82) is 0 Å². The number of nitrogens with zero attached hydrogens (tertiary/aromatic N) is 16. The van der Waals surface area contributed by atoms with Crippen LogP contribution in [0.3, 0.4) is 0 Å². The van der Waals surface area contributed by atoms with E-state index in [0.717, 1.165) is 143 Å². The molecule has 8 fully saturated rings. The van der Waals surface area contributed by atoms with Crippen LogP contribution in [0.2, 0.25) is 20.1 Å². The smallest absolute Gasteiger partial charge is 0.231 e. The average molecular weight is 1950 g/mol. The third kappa shape index (κ3) is 21.6. The quantitative estimate of drug-likeness (QED) is 0.0279. The number of fused-ring (bicyclic) bond motifs is 9. The fourth-order valence-corrected chi connectivity index (χ4v) is 21.2. The number of benzene rings is 4. The summed E-state index contributed by atoms with van der Waals surface area (Å²) in [6, 6.07) is 33.4. The molecule has 8 aromatic rings. The van der Waals surface area contributed by atoms with Crippen molar-refractivity contribution < 1.29 is 38.1 Å². The second-order valence-corrected chi connectivity index (χ2v) is 40.3. The van der Waals surface area contributed by atoms with Crippen LogP contribution in [0.15, 0.2) is 172 Å². The van der Waals surface area contributed by atoms with Crippen molar-refractivity contribution in [1.82, 2.24) is 80.7 Å². The summed E-state index contributed by atoms with van der Waals surface area (Å²) in [6.45, 7) is 48.0. The van der Waals surface area contributed by atoms with Gasteiger partial charge in [0.05, 0.1) is 82.2 Å². The fraction of sp³-hybridized carbons (Fsp3) is 0.485. The minimum absolute atomic E-state index is 0.163. The highest BCUT2D eigenvalue weighted by molar-refractivity contribution is 6.31. The molecule has 0 radical (unpaired) electrons. The van der Waals surface area contributed by atoms with Gasteiger partial charge in [-0.3, -0.25) is 19.2 Å². The standard InChI is InChI=1S/C26H33ClN6O2.3C25H31ClN6O2/c1-15(2)28-11-22(18-5-7-19(27)8-6-18)26(34)32-12-20-9-10-21(13-32)33(20)25-23-16(3)35-17(4)31-24(23)29-14-30-25;3*1-14(2)27-12-19(17-5-7-18(26)8-6-17)25(33)32-10-9-31(20-11-21(20)32)24-22-15(3)34-16(4)30-23(22)28-13-29-24/h5-8,14-16,20-22,28H,4,9-13H2,1-3H3,(H,29,30,31);3*5-8,13-15,19-21,27H,4,9-12H2,1-3H3,(H,28,29,30)/t16-,20?,21?,22-;15-,19+,20+,21-;15-,19-,20+,21-;15-,19-,20-,21+/m1011/s1. The Kier molecular flexibility index (Phi) is 29.6. The van der Waals surface area contributed by atoms with E-state index in [1.807, 2.05) is 130 Å². The van der Waals surface area contributed by atoms with E-state index in [2.05, 4.69) is 198 Å². The highest BCUT2D eigenvalue weighted by Gasteiger charge is 2.57. The van der Waals surface area contributed by atoms with Gasteiger partial charge in [0.25, 0.3) is 0 Å². The maximum Gasteiger partial charge on any atom is 0.231 e. The number of piperazine rings is 4. The number of carbonyl (C=O) groups is 4. The molecular formula is C101H126Cl4N24O8. The highest BCUT2D eigenvalue weighted by Crippen LogP contribution is 2.51. The lowest BCUT2D eigenvalue weighted by molar-refractivity contribution is -0.134. The summed E-state index contributed by atoms with van der Waals surface area (Å²) in [6.07, 6.45) is 10.4. The predicted octanol–water partition coefficient (Wildman–Crippen LogP) is 15.1. The molecule has 13 heterocycles. The number of halogens is 4. The van der Waals surface area contributed by atoms with E-state index in [9.17, 15) is 19.2 Å². The second-order valence-electron chi connectivity index (χ2n) is 38.6. The fourth-order valence-electron chi connectivity index (χ4n) is 20.7. The van der Waals surface area contributed by atoms with Crippen molar-refractivity contribution in [3.63, 3.8) is 0 Å². The molecule has 3 aliphatic carbocycles. The van der Waals surface area contributed by atoms with Crippen molar-refractivity contribution in [2.24, 2.45) is 0 Å². The van der Waals surface area contributed by atoms with Crippen molar-refractivity contribution in [2.75, 3.05) is 119 Å². The normalized spacial score (nSPS) is 24.1. The largest absolute Gasteiger partial charge is 0.471 e. The second kappa shape index (κ2) is 41.7. The number of hydrogen-bond donors (Lipinski definition) is 8. The Bertz CT molecular complexity index is 5340. The van der Waals surface area contributed by atoms with Gasteiger partial charge in [0.15, 0.2) is 23.5 Å². The summed E-state index contributed by atoms with van der Waals surface area (Å²) < 4.78 is 23.2. The van der Waals surface area contributed by atoms with Gasteiger partial charge in [-0.15, -0.1) is 0 Å². The number of ether oxygens (including phenoxy) is 4. The predicted molar refractivity (Wildman–Crippen MR) is 536 cm³/mol. The molecule has 20 rings (SSSR count). The Morgan fingerprint density at radius 2 is 0.591 bits per heavy atom. The molecule has 32 nitrogen and oxygen atoms in total. The summed E-state index contributed by atoms with van der Waals surface area (Å²) in [5.74, 6) is 8.17. The third-order valence-corrected chi connectivity index (χ3v) is 28.6. The van der Waals surface area contributed by atoms with Crippen LogP contribution >= 0.6 is 46.4 Å². The first-order valence-corrected chi connectivity index (χ1v) is 49.5. The van der Waals surface area contributed by atoms with Crippen molar-refractivity contribution >= 4 is 117 Å². The van der Waals surface area contributed by atoms with Crippen molar-refractivity contribution in [3.05, 3.63) is 237 Å². The van der Waals surface area contributed by atoms with Crippen molar-refractivity contribution in [3.8, 4) is 0 Å². The molecule has 2 unspecified atom stereocenters. The molecule has 4 aromatic carbocycles. The summed E-state index contributed by atoms with van der Waals surface area (Å²) in [5.41, 5.74) is 7.75. The van der Waals surface area contributed by atoms with Crippen molar-refractivity contribution in [2.45, 2.75) is 236 Å². The molecule has 36 heteroatoms. The first kappa shape index (κ1) is 97.3. The van der Waals surface area contributed by atoms with Gasteiger partial charge in [-0.2, -0.15) is 0 Å². The van der Waals surface area contributed by atoms with Gasteiger partial charge in [0, 0.05) is 135 Å². The highest BCUT2D eigenvalue weighted by atomic mass is 35.5. The van der Waals surface area contributed by atoms with Crippen LogP contribution in [0, 0.1) is 0 Å². The number of amides is 4. The maximum atomic E-state index is 13.8. The Morgan fingerprint density at radius 1 is 0.350 bits per heavy atom. The van der Waals surface area contributed by atoms with Crippen LogP contribution in [-0.2, 0) is 38.1 Å². The molecule has 4 aromatic heterocycles. The Balaban J connectivity index is 0.000000127. The van der Waals surface area contributed by atoms with E-state index in [1.165, 1.54) is 0 Å². The van der Waals surface area contributed by atoms with E-state index in [0.29, 0.717) is 127 Å². The first-order chi connectivity index (χ1) is 65.8. The molecule has 4 amide bonds. The van der Waals surface area contributed by atoms with Crippen LogP contribution in [0.5, 0.6) is 0 Å². The Labute approximate surface area is 822 Å². The lowest BCUT2D eigenvalue weighted by atomic mass is 9.96. The lowest BCUT2D eigenvalue weighted by Gasteiger charge is -2.44. The lowest BCUT2D eigenvalue weighted by Crippen LogP contribution is -2.57. The number of aromatic nitrogens is 8. The first-order valence-electron chi connectivity index (χ1n) is 47.9. The van der Waals surface area contributed by atoms with Gasteiger partial charge in [-0.05, 0) is 157 Å². The van der Waals surface area contributed by atoms with Crippen LogP contribution < -0.4 is 62.1 Å². The number of nitrogens with one attached hydrogen (secondary N) is 8. The molecule has 2 bridgehead atoms. The Morgan fingerprint density at radius 3 is 0.847 bits per heavy atom. The van der Waals surface area contributed by atoms with Crippen LogP contribution in [-0.4, -0.2) is 234 Å². The minimum atomic E-state index is -0.254. The summed E-state index contributed by atoms with van der Waals surface area (Å²) >= 11 is 24.4. The summed E-state index contributed by atoms with van der Waals surface area (Å²) in [7, 11) is 0. The monoisotopic (exact) mass is 1940 g/mol.